The maximum Gasteiger partial charge on any atom is 0.123 e. The monoisotopic (exact) mass is 201 g/mol. The maximum atomic E-state index is 10.4. The lowest BCUT2D eigenvalue weighted by Crippen LogP contribution is -2.56. The molecule has 1 aromatic rings. The van der Waals surface area contributed by atoms with Gasteiger partial charge in [0.1, 0.15) is 16.2 Å². The van der Waals surface area contributed by atoms with E-state index < -0.39 is 21.9 Å². The lowest BCUT2D eigenvalue weighted by molar-refractivity contribution is -0.418. The average Bonchev–Trinajstić information content (AvgIpc) is 2.03. The predicted octanol–water partition coefficient (Wildman–Crippen LogP) is -0.485. The average molecular weight is 201 g/mol. The van der Waals surface area contributed by atoms with Gasteiger partial charge in [0.15, 0.2) is 0 Å². The van der Waals surface area contributed by atoms with E-state index in [0.29, 0.717) is 0 Å². The van der Waals surface area contributed by atoms with Crippen LogP contribution < -0.4 is 5.73 Å². The van der Waals surface area contributed by atoms with Gasteiger partial charge in [0.25, 0.3) is 0 Å². The molecular weight excluding hydrogens is 190 g/mol. The second-order valence-corrected chi connectivity index (χ2v) is 4.28. The molecule has 72 valence electrons. The van der Waals surface area contributed by atoms with Gasteiger partial charge in [-0.15, -0.1) is 0 Å². The molecule has 0 amide bonds. The Hall–Kier alpha value is -0.910. The molecule has 0 unspecified atom stereocenters. The van der Waals surface area contributed by atoms with Gasteiger partial charge in [-0.1, -0.05) is 30.3 Å². The van der Waals surface area contributed by atoms with Crippen molar-refractivity contribution in [2.45, 2.75) is 6.04 Å². The van der Waals surface area contributed by atoms with Crippen LogP contribution in [0.25, 0.3) is 0 Å². The van der Waals surface area contributed by atoms with Crippen molar-refractivity contribution in [3.63, 3.8) is 0 Å². The Labute approximate surface area is 77.1 Å². The number of hydrogen-bond acceptors (Lipinski definition) is 3. The molecule has 0 spiro atoms. The topological polar surface area (TPSA) is 84.8 Å². The summed E-state index contributed by atoms with van der Waals surface area (Å²) >= 11 is 0. The van der Waals surface area contributed by atoms with E-state index >= 15 is 0 Å². The van der Waals surface area contributed by atoms with Crippen LogP contribution in [0.15, 0.2) is 30.3 Å². The lowest BCUT2D eigenvalue weighted by Gasteiger charge is -2.11. The Kier molecular flexibility index (Phi) is 3.02. The van der Waals surface area contributed by atoms with E-state index in [2.05, 4.69) is 5.73 Å². The molecular formula is C8H11NO3S. The fraction of sp³-hybridized carbons (Fsp3) is 0.250. The molecule has 0 bridgehead atoms. The van der Waals surface area contributed by atoms with Crippen LogP contribution in [-0.4, -0.2) is 18.7 Å². The van der Waals surface area contributed by atoms with Crippen molar-refractivity contribution in [2.24, 2.45) is 0 Å². The van der Waals surface area contributed by atoms with E-state index in [0.717, 1.165) is 5.56 Å². The van der Waals surface area contributed by atoms with Crippen molar-refractivity contribution in [1.29, 1.82) is 0 Å². The number of benzene rings is 1. The molecule has 3 N–H and O–H groups in total. The second kappa shape index (κ2) is 3.87. The van der Waals surface area contributed by atoms with Crippen LogP contribution >= 0.6 is 0 Å². The van der Waals surface area contributed by atoms with Crippen molar-refractivity contribution in [2.75, 3.05) is 5.75 Å². The van der Waals surface area contributed by atoms with Crippen LogP contribution in [0.5, 0.6) is 0 Å². The summed E-state index contributed by atoms with van der Waals surface area (Å²) in [6.07, 6.45) is 0. The first-order chi connectivity index (χ1) is 5.99. The summed E-state index contributed by atoms with van der Waals surface area (Å²) in [5, 5.41) is 0. The SMILES string of the molecule is [NH3+][C@H](CS(=O)(=O)[O-])c1ccccc1. The van der Waals surface area contributed by atoms with E-state index in [1.807, 2.05) is 6.07 Å². The van der Waals surface area contributed by atoms with Crippen LogP contribution in [0, 0.1) is 0 Å². The zero-order valence-electron chi connectivity index (χ0n) is 7.01. The van der Waals surface area contributed by atoms with Gasteiger partial charge in [0, 0.05) is 5.56 Å². The molecule has 0 radical (unpaired) electrons. The van der Waals surface area contributed by atoms with Crippen molar-refractivity contribution in [3.05, 3.63) is 35.9 Å². The van der Waals surface area contributed by atoms with Gasteiger partial charge in [0.05, 0.1) is 5.75 Å². The van der Waals surface area contributed by atoms with Gasteiger partial charge < -0.3 is 10.3 Å². The molecule has 0 heterocycles. The Balaban J connectivity index is 2.76. The molecule has 0 saturated carbocycles. The molecule has 0 aromatic heterocycles. The van der Waals surface area contributed by atoms with Gasteiger partial charge in [-0.05, 0) is 0 Å². The fourth-order valence-corrected chi connectivity index (χ4v) is 1.75. The molecule has 1 atom stereocenters. The van der Waals surface area contributed by atoms with Crippen LogP contribution in [0.4, 0.5) is 0 Å². The van der Waals surface area contributed by atoms with Crippen LogP contribution in [-0.2, 0) is 10.1 Å². The van der Waals surface area contributed by atoms with Crippen LogP contribution in [0.3, 0.4) is 0 Å². The molecule has 0 aliphatic heterocycles. The third-order valence-corrected chi connectivity index (χ3v) is 2.49. The van der Waals surface area contributed by atoms with E-state index in [1.165, 1.54) is 0 Å². The van der Waals surface area contributed by atoms with Gasteiger partial charge >= 0.3 is 0 Å². The zero-order chi connectivity index (χ0) is 9.90. The summed E-state index contributed by atoms with van der Waals surface area (Å²) in [6, 6.07) is 8.41. The summed E-state index contributed by atoms with van der Waals surface area (Å²) in [4.78, 5) is 0. The summed E-state index contributed by atoms with van der Waals surface area (Å²) in [5.74, 6) is -0.447. The fourth-order valence-electron chi connectivity index (χ4n) is 1.07. The molecule has 13 heavy (non-hydrogen) atoms. The standard InChI is InChI=1S/C8H11NO3S/c9-8(6-13(10,11)12)7-4-2-1-3-5-7/h1-5,8H,6,9H2,(H,10,11,12)/t8-/m1/s1. The highest BCUT2D eigenvalue weighted by molar-refractivity contribution is 7.85. The number of hydrogen-bond donors (Lipinski definition) is 1. The largest absolute Gasteiger partial charge is 0.748 e. The Morgan fingerprint density at radius 2 is 1.85 bits per heavy atom. The molecule has 5 heteroatoms. The first-order valence-corrected chi connectivity index (χ1v) is 5.38. The normalized spacial score (nSPS) is 14.0. The van der Waals surface area contributed by atoms with Gasteiger partial charge in [0.2, 0.25) is 0 Å². The third-order valence-electron chi connectivity index (χ3n) is 1.68. The quantitative estimate of drug-likeness (QED) is 0.670. The number of quaternary nitrogens is 1. The second-order valence-electron chi connectivity index (χ2n) is 2.83. The minimum absolute atomic E-state index is 0.447. The van der Waals surface area contributed by atoms with Crippen LogP contribution in [0.2, 0.25) is 0 Å². The summed E-state index contributed by atoms with van der Waals surface area (Å²) in [6.45, 7) is 0. The van der Waals surface area contributed by atoms with Gasteiger partial charge in [-0.25, -0.2) is 8.42 Å². The van der Waals surface area contributed by atoms with E-state index in [9.17, 15) is 13.0 Å². The molecule has 1 rings (SSSR count). The summed E-state index contributed by atoms with van der Waals surface area (Å²) in [5.41, 5.74) is 4.38. The van der Waals surface area contributed by atoms with Gasteiger partial charge in [-0.2, -0.15) is 0 Å². The van der Waals surface area contributed by atoms with Crippen molar-refractivity contribution < 1.29 is 18.7 Å². The predicted molar refractivity (Wildman–Crippen MR) is 46.6 cm³/mol. The molecule has 0 fully saturated rings. The van der Waals surface area contributed by atoms with Crippen molar-refractivity contribution in [3.8, 4) is 0 Å². The smallest absolute Gasteiger partial charge is 0.123 e. The molecule has 0 aliphatic rings. The minimum atomic E-state index is -4.18. The van der Waals surface area contributed by atoms with E-state index in [1.54, 1.807) is 24.3 Å². The molecule has 1 aromatic carbocycles. The Bertz CT molecular complexity index is 360. The maximum absolute atomic E-state index is 10.4. The highest BCUT2D eigenvalue weighted by atomic mass is 32.2. The zero-order valence-corrected chi connectivity index (χ0v) is 7.83. The van der Waals surface area contributed by atoms with Gasteiger partial charge in [-0.3, -0.25) is 0 Å². The van der Waals surface area contributed by atoms with Crippen molar-refractivity contribution >= 4 is 10.1 Å². The first-order valence-electron chi connectivity index (χ1n) is 3.80. The Morgan fingerprint density at radius 3 is 2.31 bits per heavy atom. The number of rotatable bonds is 3. The van der Waals surface area contributed by atoms with E-state index in [-0.39, 0.29) is 0 Å². The Morgan fingerprint density at radius 1 is 1.31 bits per heavy atom. The third kappa shape index (κ3) is 3.54. The minimum Gasteiger partial charge on any atom is -0.748 e. The summed E-state index contributed by atoms with van der Waals surface area (Å²) < 4.78 is 31.3. The molecule has 0 saturated heterocycles. The lowest BCUT2D eigenvalue weighted by atomic mass is 10.1. The van der Waals surface area contributed by atoms with Crippen LogP contribution in [0.1, 0.15) is 11.6 Å². The summed E-state index contributed by atoms with van der Waals surface area (Å²) in [7, 11) is -4.18. The molecule has 4 nitrogen and oxygen atoms in total. The molecule has 0 aliphatic carbocycles. The highest BCUT2D eigenvalue weighted by Gasteiger charge is 2.12. The van der Waals surface area contributed by atoms with Crippen molar-refractivity contribution in [1.82, 2.24) is 0 Å². The van der Waals surface area contributed by atoms with E-state index in [4.69, 9.17) is 0 Å². The highest BCUT2D eigenvalue weighted by Crippen LogP contribution is 2.08. The first kappa shape index (κ1) is 10.2.